The van der Waals surface area contributed by atoms with Crippen molar-refractivity contribution in [3.8, 4) is 10.4 Å². The summed E-state index contributed by atoms with van der Waals surface area (Å²) in [4.78, 5) is 37.9. The van der Waals surface area contributed by atoms with Gasteiger partial charge in [0, 0.05) is 44.5 Å². The van der Waals surface area contributed by atoms with Gasteiger partial charge in [0.1, 0.15) is 10.5 Å². The van der Waals surface area contributed by atoms with E-state index in [0.29, 0.717) is 18.2 Å². The van der Waals surface area contributed by atoms with E-state index in [0.717, 1.165) is 50.8 Å². The van der Waals surface area contributed by atoms with Gasteiger partial charge >= 0.3 is 0 Å². The van der Waals surface area contributed by atoms with Gasteiger partial charge in [0.15, 0.2) is 5.13 Å². The molecule has 7 nitrogen and oxygen atoms in total. The SMILES string of the molecule is Cc1cn2ccsc2c1C(=O)NC[C@@H]1[C@H]2CC[C@H](C2)N1C(=O)c1nc(N(C)C)sc1-c1ccccc1. The van der Waals surface area contributed by atoms with Gasteiger partial charge in [0.2, 0.25) is 0 Å². The molecule has 3 atom stereocenters. The Morgan fingerprint density at radius 3 is 2.78 bits per heavy atom. The highest BCUT2D eigenvalue weighted by Gasteiger charge is 2.49. The number of carbonyl (C=O) groups is 2. The monoisotopic (exact) mass is 519 g/mol. The number of hydrogen-bond donors (Lipinski definition) is 1. The Labute approximate surface area is 218 Å². The van der Waals surface area contributed by atoms with E-state index in [1.54, 1.807) is 22.7 Å². The number of nitrogens with one attached hydrogen (secondary N) is 1. The summed E-state index contributed by atoms with van der Waals surface area (Å²) in [6, 6.07) is 10.2. The lowest BCUT2D eigenvalue weighted by atomic mass is 9.98. The van der Waals surface area contributed by atoms with Gasteiger partial charge in [-0.3, -0.25) is 9.59 Å². The summed E-state index contributed by atoms with van der Waals surface area (Å²) in [5, 5.41) is 5.98. The number of fused-ring (bicyclic) bond motifs is 3. The number of aromatic nitrogens is 2. The number of anilines is 1. The summed E-state index contributed by atoms with van der Waals surface area (Å²) in [6.45, 7) is 2.43. The Kier molecular flexibility index (Phi) is 5.84. The van der Waals surface area contributed by atoms with Crippen LogP contribution < -0.4 is 10.2 Å². The number of hydrogen-bond acceptors (Lipinski definition) is 6. The Morgan fingerprint density at radius 1 is 1.19 bits per heavy atom. The molecule has 36 heavy (non-hydrogen) atoms. The van der Waals surface area contributed by atoms with Crippen LogP contribution in [0, 0.1) is 12.8 Å². The van der Waals surface area contributed by atoms with E-state index in [1.807, 2.05) is 83.3 Å². The van der Waals surface area contributed by atoms with Crippen LogP contribution in [-0.2, 0) is 0 Å². The minimum atomic E-state index is -0.0684. The van der Waals surface area contributed by atoms with Gasteiger partial charge in [-0.2, -0.15) is 0 Å². The third-order valence-corrected chi connectivity index (χ3v) is 9.66. The van der Waals surface area contributed by atoms with E-state index >= 15 is 0 Å². The molecular weight excluding hydrogens is 490 g/mol. The zero-order chi connectivity index (χ0) is 25.0. The first-order chi connectivity index (χ1) is 17.4. The zero-order valence-corrected chi connectivity index (χ0v) is 22.2. The second-order valence-electron chi connectivity index (χ2n) is 9.95. The quantitative estimate of drug-likeness (QED) is 0.393. The highest BCUT2D eigenvalue weighted by atomic mass is 32.1. The molecule has 4 aromatic rings. The van der Waals surface area contributed by atoms with Gasteiger partial charge in [-0.05, 0) is 43.2 Å². The maximum absolute atomic E-state index is 14.1. The molecule has 1 aliphatic carbocycles. The molecule has 1 N–H and O–H groups in total. The maximum Gasteiger partial charge on any atom is 0.274 e. The van der Waals surface area contributed by atoms with E-state index in [1.165, 1.54) is 0 Å². The first-order valence-corrected chi connectivity index (χ1v) is 14.0. The van der Waals surface area contributed by atoms with Crippen LogP contribution >= 0.6 is 22.7 Å². The number of rotatable bonds is 6. The van der Waals surface area contributed by atoms with Crippen LogP contribution in [0.2, 0.25) is 0 Å². The van der Waals surface area contributed by atoms with Crippen LogP contribution in [0.25, 0.3) is 15.3 Å². The van der Waals surface area contributed by atoms with E-state index in [4.69, 9.17) is 4.98 Å². The van der Waals surface area contributed by atoms with Crippen LogP contribution in [0.3, 0.4) is 0 Å². The number of piperidine rings is 1. The summed E-state index contributed by atoms with van der Waals surface area (Å²) in [5.74, 6) is 0.315. The molecule has 0 unspecified atom stereocenters. The fourth-order valence-electron chi connectivity index (χ4n) is 5.81. The van der Waals surface area contributed by atoms with E-state index < -0.39 is 0 Å². The lowest BCUT2D eigenvalue weighted by Crippen LogP contribution is -2.50. The van der Waals surface area contributed by atoms with Gasteiger partial charge in [-0.15, -0.1) is 11.3 Å². The zero-order valence-electron chi connectivity index (χ0n) is 20.6. The van der Waals surface area contributed by atoms with Crippen LogP contribution in [0.15, 0.2) is 48.1 Å². The molecule has 186 valence electrons. The number of amides is 2. The maximum atomic E-state index is 14.1. The topological polar surface area (TPSA) is 70.0 Å². The van der Waals surface area contributed by atoms with Crippen LogP contribution in [0.4, 0.5) is 5.13 Å². The molecule has 2 amide bonds. The predicted octanol–water partition coefficient (Wildman–Crippen LogP) is 4.92. The van der Waals surface area contributed by atoms with Crippen molar-refractivity contribution in [2.24, 2.45) is 5.92 Å². The van der Waals surface area contributed by atoms with Crippen molar-refractivity contribution in [1.82, 2.24) is 19.6 Å². The standard InChI is InChI=1S/C27H29N5O2S2/c1-16-15-31-11-12-35-26(31)21(16)24(33)28-14-20-18-9-10-19(13-18)32(20)25(34)22-23(17-7-5-4-6-8-17)36-27(29-22)30(2)3/h4-8,11-12,15,18-20H,9-10,13-14H2,1-3H3,(H,28,33)/t18-,19+,20+/m0/s1. The highest BCUT2D eigenvalue weighted by molar-refractivity contribution is 7.19. The molecule has 1 saturated heterocycles. The molecule has 0 spiro atoms. The Bertz CT molecular complexity index is 1440. The van der Waals surface area contributed by atoms with E-state index in [2.05, 4.69) is 5.32 Å². The summed E-state index contributed by atoms with van der Waals surface area (Å²) < 4.78 is 2.00. The Balaban J connectivity index is 1.28. The van der Waals surface area contributed by atoms with Crippen LogP contribution in [0.1, 0.15) is 45.7 Å². The number of carbonyl (C=O) groups excluding carboxylic acids is 2. The van der Waals surface area contributed by atoms with Gasteiger partial charge < -0.3 is 19.5 Å². The van der Waals surface area contributed by atoms with Crippen molar-refractivity contribution in [1.29, 1.82) is 0 Å². The third kappa shape index (κ3) is 3.81. The van der Waals surface area contributed by atoms with Crippen molar-refractivity contribution in [2.45, 2.75) is 38.3 Å². The van der Waals surface area contributed by atoms with Gasteiger partial charge in [-0.25, -0.2) is 4.98 Å². The van der Waals surface area contributed by atoms with Crippen molar-refractivity contribution in [3.05, 3.63) is 64.9 Å². The average molecular weight is 520 g/mol. The van der Waals surface area contributed by atoms with E-state index in [9.17, 15) is 9.59 Å². The first kappa shape index (κ1) is 23.2. The average Bonchev–Trinajstić information content (AvgIpc) is 3.68. The minimum Gasteiger partial charge on any atom is -0.354 e. The smallest absolute Gasteiger partial charge is 0.274 e. The lowest BCUT2D eigenvalue weighted by molar-refractivity contribution is 0.0577. The number of aryl methyl sites for hydroxylation is 1. The summed E-state index contributed by atoms with van der Waals surface area (Å²) in [7, 11) is 3.90. The van der Waals surface area contributed by atoms with Crippen LogP contribution in [0.5, 0.6) is 0 Å². The van der Waals surface area contributed by atoms with Gasteiger partial charge in [0.05, 0.1) is 16.5 Å². The van der Waals surface area contributed by atoms with Crippen molar-refractivity contribution in [3.63, 3.8) is 0 Å². The lowest BCUT2D eigenvalue weighted by Gasteiger charge is -2.35. The highest BCUT2D eigenvalue weighted by Crippen LogP contribution is 2.44. The number of likely N-dealkylation sites (tertiary alicyclic amines) is 1. The van der Waals surface area contributed by atoms with E-state index in [-0.39, 0.29) is 23.9 Å². The Hall–Kier alpha value is -3.17. The summed E-state index contributed by atoms with van der Waals surface area (Å²) in [5.41, 5.74) is 3.21. The minimum absolute atomic E-state index is 0.0184. The van der Waals surface area contributed by atoms with Crippen molar-refractivity contribution >= 4 is 44.4 Å². The van der Waals surface area contributed by atoms with Crippen LogP contribution in [-0.4, -0.2) is 58.8 Å². The molecule has 2 fully saturated rings. The molecule has 9 heteroatoms. The molecule has 2 aliphatic rings. The molecule has 6 rings (SSSR count). The molecular formula is C27H29N5O2S2. The number of benzene rings is 1. The van der Waals surface area contributed by atoms with Gasteiger partial charge in [-0.1, -0.05) is 41.7 Å². The van der Waals surface area contributed by atoms with Gasteiger partial charge in [0.25, 0.3) is 11.8 Å². The number of thiazole rings is 2. The fraction of sp³-hybridized carbons (Fsp3) is 0.370. The molecule has 1 aromatic carbocycles. The molecule has 1 saturated carbocycles. The molecule has 1 aliphatic heterocycles. The summed E-state index contributed by atoms with van der Waals surface area (Å²) in [6.07, 6.45) is 7.07. The second-order valence-corrected chi connectivity index (χ2v) is 11.8. The second kappa shape index (κ2) is 9.05. The molecule has 2 bridgehead atoms. The first-order valence-electron chi connectivity index (χ1n) is 12.3. The molecule has 3 aromatic heterocycles. The predicted molar refractivity (Wildman–Crippen MR) is 145 cm³/mol. The third-order valence-electron chi connectivity index (χ3n) is 7.49. The van der Waals surface area contributed by atoms with Crippen molar-refractivity contribution in [2.75, 3.05) is 25.5 Å². The number of nitrogens with zero attached hydrogens (tertiary/aromatic N) is 4. The fourth-order valence-corrected chi connectivity index (χ4v) is 7.72. The summed E-state index contributed by atoms with van der Waals surface area (Å²) >= 11 is 3.11. The van der Waals surface area contributed by atoms with Crippen molar-refractivity contribution < 1.29 is 9.59 Å². The molecule has 4 heterocycles. The largest absolute Gasteiger partial charge is 0.354 e. The molecule has 0 radical (unpaired) electrons. The normalized spacial score (nSPS) is 20.9. The Morgan fingerprint density at radius 2 is 2.00 bits per heavy atom.